The molecule has 0 aliphatic heterocycles. The molecule has 0 aliphatic carbocycles. The number of carbonyl (C=O) groups is 1. The smallest absolute Gasteiger partial charge is 0.302 e. The Bertz CT molecular complexity index is 124. The van der Waals surface area contributed by atoms with E-state index in [4.69, 9.17) is 11.1 Å². The Balaban J connectivity index is 0. The highest BCUT2D eigenvalue weighted by Crippen LogP contribution is 1.69. The molecule has 0 aliphatic rings. The van der Waals surface area contributed by atoms with E-state index in [1.165, 1.54) is 6.92 Å². The van der Waals surface area contributed by atoms with E-state index in [0.29, 0.717) is 13.0 Å². The highest BCUT2D eigenvalue weighted by molar-refractivity contribution is 5.76. The van der Waals surface area contributed by atoms with Crippen LogP contribution in [0.15, 0.2) is 0 Å². The van der Waals surface area contributed by atoms with E-state index in [1.54, 1.807) is 6.92 Å². The predicted octanol–water partition coefficient (Wildman–Crippen LogP) is 0.902. The van der Waals surface area contributed by atoms with Crippen LogP contribution >= 0.6 is 0 Å². The first kappa shape index (κ1) is 12.6. The molecule has 0 fully saturated rings. The number of nitrogens with two attached hydrogens (primary N) is 1. The Morgan fingerprint density at radius 3 is 1.91 bits per heavy atom. The van der Waals surface area contributed by atoms with Crippen LogP contribution in [0.2, 0.25) is 0 Å². The lowest BCUT2D eigenvalue weighted by atomic mass is 10.5. The molecular weight excluding hydrogens is 144 g/mol. The summed E-state index contributed by atoms with van der Waals surface area (Å²) in [6.45, 7) is 5.50. The molecule has 11 heavy (non-hydrogen) atoms. The van der Waals surface area contributed by atoms with Gasteiger partial charge in [-0.15, -0.1) is 0 Å². The topological polar surface area (TPSA) is 76.2 Å². The Hall–Kier alpha value is -1.06. The van der Waals surface area contributed by atoms with Gasteiger partial charge in [-0.3, -0.25) is 10.2 Å². The number of carbonyl (C=O) groups excluding carboxylic acids is 1. The fourth-order valence-corrected chi connectivity index (χ4v) is 0.203. The van der Waals surface area contributed by atoms with Gasteiger partial charge in [-0.25, -0.2) is 0 Å². The highest BCUT2D eigenvalue weighted by atomic mass is 16.5. The van der Waals surface area contributed by atoms with Gasteiger partial charge in [0, 0.05) is 13.3 Å². The predicted molar refractivity (Wildman–Crippen MR) is 44.5 cm³/mol. The second-order valence-electron chi connectivity index (χ2n) is 1.80. The number of hydrogen-bond acceptors (Lipinski definition) is 3. The van der Waals surface area contributed by atoms with Gasteiger partial charge < -0.3 is 10.5 Å². The number of esters is 1. The van der Waals surface area contributed by atoms with Crippen LogP contribution in [0.3, 0.4) is 0 Å². The minimum Gasteiger partial charge on any atom is -0.466 e. The van der Waals surface area contributed by atoms with Crippen LogP contribution in [-0.4, -0.2) is 18.4 Å². The quantitative estimate of drug-likeness (QED) is 0.358. The largest absolute Gasteiger partial charge is 0.466 e. The molecule has 0 amide bonds. The minimum atomic E-state index is -0.211. The van der Waals surface area contributed by atoms with Crippen LogP contribution in [0.5, 0.6) is 0 Å². The summed E-state index contributed by atoms with van der Waals surface area (Å²) in [4.78, 5) is 9.82. The summed E-state index contributed by atoms with van der Waals surface area (Å²) in [5, 5.41) is 6.52. The zero-order chi connectivity index (χ0) is 9.28. The average molecular weight is 160 g/mol. The molecule has 0 aromatic carbocycles. The van der Waals surface area contributed by atoms with Crippen molar-refractivity contribution in [1.29, 1.82) is 5.41 Å². The molecule has 0 rings (SSSR count). The van der Waals surface area contributed by atoms with Crippen LogP contribution in [0.25, 0.3) is 0 Å². The molecule has 3 N–H and O–H groups in total. The summed E-state index contributed by atoms with van der Waals surface area (Å²) in [6.07, 6.45) is 0.667. The Kier molecular flexibility index (Phi) is 10.2. The van der Waals surface area contributed by atoms with Crippen LogP contribution in [0.4, 0.5) is 0 Å². The third-order valence-electron chi connectivity index (χ3n) is 0.729. The number of ether oxygens (including phenoxy) is 1. The number of nitrogens with one attached hydrogen (secondary N) is 1. The van der Waals surface area contributed by atoms with Gasteiger partial charge in [-0.2, -0.15) is 0 Å². The van der Waals surface area contributed by atoms with Crippen molar-refractivity contribution in [3.8, 4) is 0 Å². The summed E-state index contributed by atoms with van der Waals surface area (Å²) >= 11 is 0. The molecule has 66 valence electrons. The van der Waals surface area contributed by atoms with Crippen LogP contribution in [0.1, 0.15) is 27.2 Å². The monoisotopic (exact) mass is 160 g/mol. The number of hydrogen-bond donors (Lipinski definition) is 2. The Morgan fingerprint density at radius 1 is 1.55 bits per heavy atom. The van der Waals surface area contributed by atoms with E-state index in [9.17, 15) is 4.79 Å². The average Bonchev–Trinajstić information content (AvgIpc) is 1.89. The second kappa shape index (κ2) is 8.94. The van der Waals surface area contributed by atoms with E-state index in [0.717, 1.165) is 0 Å². The lowest BCUT2D eigenvalue weighted by Gasteiger charge is -1.89. The van der Waals surface area contributed by atoms with Gasteiger partial charge in [-0.1, -0.05) is 6.92 Å². The summed E-state index contributed by atoms with van der Waals surface area (Å²) in [7, 11) is 0. The Labute approximate surface area is 67.2 Å². The molecule has 4 nitrogen and oxygen atoms in total. The molecule has 0 bridgehead atoms. The first-order chi connectivity index (χ1) is 5.04. The summed E-state index contributed by atoms with van der Waals surface area (Å²) in [6, 6.07) is 0. The normalized spacial score (nSPS) is 7.55. The molecule has 0 saturated carbocycles. The zero-order valence-corrected chi connectivity index (χ0v) is 7.31. The molecule has 0 atom stereocenters. The van der Waals surface area contributed by atoms with Crippen molar-refractivity contribution < 1.29 is 9.53 Å². The number of rotatable bonds is 2. The van der Waals surface area contributed by atoms with Gasteiger partial charge >= 0.3 is 5.97 Å². The SMILES string of the molecule is CCC(=N)N.CCOC(C)=O. The molecule has 0 saturated heterocycles. The van der Waals surface area contributed by atoms with Crippen molar-refractivity contribution in [3.63, 3.8) is 0 Å². The van der Waals surface area contributed by atoms with Crippen LogP contribution in [-0.2, 0) is 9.53 Å². The van der Waals surface area contributed by atoms with Crippen molar-refractivity contribution >= 4 is 11.8 Å². The van der Waals surface area contributed by atoms with Crippen LogP contribution in [0, 0.1) is 5.41 Å². The standard InChI is InChI=1S/C4H8O2.C3H8N2/c1-3-6-4(2)5;1-2-3(4)5/h3H2,1-2H3;2H2,1H3,(H3,4,5). The van der Waals surface area contributed by atoms with Gasteiger partial charge in [0.2, 0.25) is 0 Å². The summed E-state index contributed by atoms with van der Waals surface area (Å²) in [5.41, 5.74) is 4.88. The van der Waals surface area contributed by atoms with Crippen LogP contribution < -0.4 is 5.73 Å². The molecule has 4 heteroatoms. The third-order valence-corrected chi connectivity index (χ3v) is 0.729. The maximum Gasteiger partial charge on any atom is 0.302 e. The van der Waals surface area contributed by atoms with Gasteiger partial charge in [-0.05, 0) is 6.92 Å². The van der Waals surface area contributed by atoms with E-state index in [-0.39, 0.29) is 11.8 Å². The maximum atomic E-state index is 9.82. The van der Waals surface area contributed by atoms with E-state index in [1.807, 2.05) is 6.92 Å². The fourth-order valence-electron chi connectivity index (χ4n) is 0.203. The van der Waals surface area contributed by atoms with Crippen molar-refractivity contribution in [2.24, 2.45) is 5.73 Å². The van der Waals surface area contributed by atoms with Crippen molar-refractivity contribution in [1.82, 2.24) is 0 Å². The van der Waals surface area contributed by atoms with E-state index in [2.05, 4.69) is 4.74 Å². The van der Waals surface area contributed by atoms with Gasteiger partial charge in [0.1, 0.15) is 0 Å². The first-order valence-corrected chi connectivity index (χ1v) is 3.50. The molecule has 0 unspecified atom stereocenters. The Morgan fingerprint density at radius 2 is 1.91 bits per heavy atom. The molecule has 0 aromatic heterocycles. The van der Waals surface area contributed by atoms with Gasteiger partial charge in [0.25, 0.3) is 0 Å². The minimum absolute atomic E-state index is 0.211. The first-order valence-electron chi connectivity index (χ1n) is 3.50. The third kappa shape index (κ3) is 27.7. The fraction of sp³-hybridized carbons (Fsp3) is 0.714. The highest BCUT2D eigenvalue weighted by Gasteiger charge is 1.81. The van der Waals surface area contributed by atoms with Crippen molar-refractivity contribution in [2.45, 2.75) is 27.2 Å². The molecule has 0 heterocycles. The summed E-state index contributed by atoms with van der Waals surface area (Å²) in [5.74, 6) is 0.0440. The maximum absolute atomic E-state index is 9.82. The molecular formula is C7H16N2O2. The van der Waals surface area contributed by atoms with Crippen molar-refractivity contribution in [3.05, 3.63) is 0 Å². The lowest BCUT2D eigenvalue weighted by molar-refractivity contribution is -0.140. The number of amidine groups is 1. The van der Waals surface area contributed by atoms with Gasteiger partial charge in [0.15, 0.2) is 0 Å². The summed E-state index contributed by atoms with van der Waals surface area (Å²) < 4.78 is 4.40. The van der Waals surface area contributed by atoms with E-state index < -0.39 is 0 Å². The van der Waals surface area contributed by atoms with Crippen molar-refractivity contribution in [2.75, 3.05) is 6.61 Å². The second-order valence-corrected chi connectivity index (χ2v) is 1.80. The molecule has 0 spiro atoms. The molecule has 0 radical (unpaired) electrons. The van der Waals surface area contributed by atoms with E-state index >= 15 is 0 Å². The lowest BCUT2D eigenvalue weighted by Crippen LogP contribution is -2.05. The zero-order valence-electron chi connectivity index (χ0n) is 7.31. The molecule has 0 aromatic rings. The van der Waals surface area contributed by atoms with Gasteiger partial charge in [0.05, 0.1) is 12.4 Å².